The van der Waals surface area contributed by atoms with Crippen LogP contribution in [0, 0.1) is 0 Å². The summed E-state index contributed by atoms with van der Waals surface area (Å²) in [5, 5.41) is 0.687. The second kappa shape index (κ2) is 7.34. The van der Waals surface area contributed by atoms with Crippen molar-refractivity contribution in [2.24, 2.45) is 0 Å². The van der Waals surface area contributed by atoms with Crippen LogP contribution < -0.4 is 0 Å². The SMILES string of the molecule is CC(Cl)(CCOCc1ccc(Cl)cc1)C(=O)OBr. The number of hydrogen-bond donors (Lipinski definition) is 0. The van der Waals surface area contributed by atoms with E-state index in [0.717, 1.165) is 5.56 Å². The molecule has 0 amide bonds. The van der Waals surface area contributed by atoms with Crippen molar-refractivity contribution in [3.8, 4) is 0 Å². The zero-order valence-corrected chi connectivity index (χ0v) is 12.9. The van der Waals surface area contributed by atoms with Gasteiger partial charge < -0.3 is 8.57 Å². The van der Waals surface area contributed by atoms with Gasteiger partial charge in [0, 0.05) is 18.1 Å². The average Bonchev–Trinajstić information content (AvgIpc) is 2.35. The molecule has 1 unspecified atom stereocenters. The Balaban J connectivity index is 2.30. The van der Waals surface area contributed by atoms with Crippen molar-refractivity contribution < 1.29 is 13.4 Å². The minimum absolute atomic E-state index is 0.366. The van der Waals surface area contributed by atoms with Gasteiger partial charge in [0.05, 0.1) is 6.61 Å². The van der Waals surface area contributed by atoms with E-state index in [4.69, 9.17) is 27.9 Å². The van der Waals surface area contributed by atoms with Gasteiger partial charge in [-0.15, -0.1) is 11.6 Å². The summed E-state index contributed by atoms with van der Waals surface area (Å²) >= 11 is 14.4. The van der Waals surface area contributed by atoms with E-state index in [9.17, 15) is 4.79 Å². The highest BCUT2D eigenvalue weighted by Crippen LogP contribution is 2.22. The number of halogens is 3. The molecule has 0 saturated carbocycles. The van der Waals surface area contributed by atoms with E-state index >= 15 is 0 Å². The molecule has 18 heavy (non-hydrogen) atoms. The van der Waals surface area contributed by atoms with Crippen LogP contribution in [-0.4, -0.2) is 17.5 Å². The Labute approximate surface area is 125 Å². The summed E-state index contributed by atoms with van der Waals surface area (Å²) in [6.45, 7) is 2.40. The van der Waals surface area contributed by atoms with Gasteiger partial charge in [-0.3, -0.25) is 0 Å². The van der Waals surface area contributed by atoms with Crippen molar-refractivity contribution in [2.75, 3.05) is 6.61 Å². The summed E-state index contributed by atoms with van der Waals surface area (Å²) in [5.41, 5.74) is 1.01. The van der Waals surface area contributed by atoms with Gasteiger partial charge in [0.15, 0.2) is 16.3 Å². The standard InChI is InChI=1S/C12H13BrCl2O3/c1-12(15,11(16)18-13)6-7-17-8-9-2-4-10(14)5-3-9/h2-5H,6-8H2,1H3. The molecule has 0 N–H and O–H groups in total. The van der Waals surface area contributed by atoms with Gasteiger partial charge in [-0.25, -0.2) is 4.79 Å². The normalized spacial score (nSPS) is 14.0. The van der Waals surface area contributed by atoms with Crippen LogP contribution >= 0.6 is 39.5 Å². The molecule has 3 nitrogen and oxygen atoms in total. The maximum absolute atomic E-state index is 11.3. The fourth-order valence-electron chi connectivity index (χ4n) is 1.22. The molecule has 0 aliphatic rings. The van der Waals surface area contributed by atoms with Crippen LogP contribution in [0.25, 0.3) is 0 Å². The molecule has 100 valence electrons. The van der Waals surface area contributed by atoms with Gasteiger partial charge in [0.2, 0.25) is 0 Å². The van der Waals surface area contributed by atoms with Crippen molar-refractivity contribution in [2.45, 2.75) is 24.8 Å². The molecule has 0 radical (unpaired) electrons. The van der Waals surface area contributed by atoms with Crippen LogP contribution in [-0.2, 0) is 20.0 Å². The van der Waals surface area contributed by atoms with E-state index in [0.29, 0.717) is 24.7 Å². The third-order valence-electron chi connectivity index (χ3n) is 2.39. The Morgan fingerprint density at radius 3 is 2.56 bits per heavy atom. The monoisotopic (exact) mass is 354 g/mol. The first-order valence-corrected chi connectivity index (χ1v) is 6.70. The van der Waals surface area contributed by atoms with Crippen LogP contribution in [0.1, 0.15) is 18.9 Å². The Morgan fingerprint density at radius 2 is 2.00 bits per heavy atom. The number of rotatable bonds is 6. The van der Waals surface area contributed by atoms with Gasteiger partial charge in [-0.05, 0) is 24.6 Å². The number of hydrogen-bond acceptors (Lipinski definition) is 3. The maximum atomic E-state index is 11.3. The summed E-state index contributed by atoms with van der Waals surface area (Å²) in [7, 11) is 0. The van der Waals surface area contributed by atoms with Crippen LogP contribution in [0.3, 0.4) is 0 Å². The first-order chi connectivity index (χ1) is 8.45. The van der Waals surface area contributed by atoms with Crippen molar-refractivity contribution >= 4 is 45.4 Å². The quantitative estimate of drug-likeness (QED) is 0.569. The molecule has 0 fully saturated rings. The summed E-state index contributed by atoms with van der Waals surface area (Å²) in [5.74, 6) is -0.528. The molecule has 6 heteroatoms. The van der Waals surface area contributed by atoms with E-state index in [1.165, 1.54) is 0 Å². The van der Waals surface area contributed by atoms with Gasteiger partial charge in [0.25, 0.3) is 0 Å². The summed E-state index contributed by atoms with van der Waals surface area (Å²) < 4.78 is 9.85. The molecule has 0 aromatic heterocycles. The Hall–Kier alpha value is -0.290. The van der Waals surface area contributed by atoms with E-state index in [2.05, 4.69) is 20.1 Å². The van der Waals surface area contributed by atoms with Crippen LogP contribution in [0.5, 0.6) is 0 Å². The lowest BCUT2D eigenvalue weighted by atomic mass is 10.1. The number of carbonyl (C=O) groups is 1. The number of carbonyl (C=O) groups excluding carboxylic acids is 1. The van der Waals surface area contributed by atoms with Crippen LogP contribution in [0.15, 0.2) is 24.3 Å². The predicted octanol–water partition coefficient (Wildman–Crippen LogP) is 4.10. The molecule has 0 heterocycles. The minimum Gasteiger partial charge on any atom is -0.382 e. The highest BCUT2D eigenvalue weighted by atomic mass is 79.9. The first-order valence-electron chi connectivity index (χ1n) is 5.30. The topological polar surface area (TPSA) is 35.5 Å². The molecule has 0 spiro atoms. The second-order valence-electron chi connectivity index (χ2n) is 3.99. The van der Waals surface area contributed by atoms with Crippen molar-refractivity contribution in [3.05, 3.63) is 34.9 Å². The molecular weight excluding hydrogens is 343 g/mol. The molecule has 1 rings (SSSR count). The number of ether oxygens (including phenoxy) is 1. The lowest BCUT2D eigenvalue weighted by molar-refractivity contribution is -0.135. The van der Waals surface area contributed by atoms with E-state index in [1.807, 2.05) is 12.1 Å². The highest BCUT2D eigenvalue weighted by molar-refractivity contribution is 9.06. The van der Waals surface area contributed by atoms with Gasteiger partial charge in [-0.2, -0.15) is 0 Å². The number of alkyl halides is 1. The Bertz CT molecular complexity index is 393. The zero-order chi connectivity index (χ0) is 13.6. The van der Waals surface area contributed by atoms with Gasteiger partial charge >= 0.3 is 5.97 Å². The Morgan fingerprint density at radius 1 is 1.39 bits per heavy atom. The lowest BCUT2D eigenvalue weighted by Crippen LogP contribution is -2.30. The van der Waals surface area contributed by atoms with Crippen molar-refractivity contribution in [1.82, 2.24) is 0 Å². The smallest absolute Gasteiger partial charge is 0.338 e. The van der Waals surface area contributed by atoms with Crippen LogP contribution in [0.4, 0.5) is 0 Å². The second-order valence-corrected chi connectivity index (χ2v) is 5.59. The fourth-order valence-corrected chi connectivity index (χ4v) is 1.91. The van der Waals surface area contributed by atoms with Crippen molar-refractivity contribution in [1.29, 1.82) is 0 Å². The molecule has 1 aromatic rings. The zero-order valence-electron chi connectivity index (χ0n) is 9.79. The Kier molecular flexibility index (Phi) is 6.43. The number of benzene rings is 1. The van der Waals surface area contributed by atoms with E-state index in [1.54, 1.807) is 19.1 Å². The molecule has 1 aromatic carbocycles. The summed E-state index contributed by atoms with van der Waals surface area (Å²) in [6, 6.07) is 7.37. The largest absolute Gasteiger partial charge is 0.382 e. The van der Waals surface area contributed by atoms with Crippen molar-refractivity contribution in [3.63, 3.8) is 0 Å². The first kappa shape index (κ1) is 15.8. The molecule has 1 atom stereocenters. The molecule has 0 aliphatic carbocycles. The highest BCUT2D eigenvalue weighted by Gasteiger charge is 2.31. The van der Waals surface area contributed by atoms with E-state index < -0.39 is 10.8 Å². The lowest BCUT2D eigenvalue weighted by Gasteiger charge is -2.17. The fraction of sp³-hybridized carbons (Fsp3) is 0.417. The average molecular weight is 356 g/mol. The molecule has 0 saturated heterocycles. The minimum atomic E-state index is -1.08. The molecule has 0 aliphatic heterocycles. The molecular formula is C12H13BrCl2O3. The van der Waals surface area contributed by atoms with Gasteiger partial charge in [-0.1, -0.05) is 23.7 Å². The predicted molar refractivity (Wildman–Crippen MR) is 75.0 cm³/mol. The summed E-state index contributed by atoms with van der Waals surface area (Å²) in [4.78, 5) is 10.2. The third kappa shape index (κ3) is 5.14. The van der Waals surface area contributed by atoms with Crippen LogP contribution in [0.2, 0.25) is 5.02 Å². The van der Waals surface area contributed by atoms with E-state index in [-0.39, 0.29) is 0 Å². The third-order valence-corrected chi connectivity index (χ3v) is 3.28. The van der Waals surface area contributed by atoms with Gasteiger partial charge in [0.1, 0.15) is 4.87 Å². The maximum Gasteiger partial charge on any atom is 0.338 e. The summed E-state index contributed by atoms with van der Waals surface area (Å²) in [6.07, 6.45) is 0.368. The molecule has 0 bridgehead atoms.